The van der Waals surface area contributed by atoms with Crippen LogP contribution in [0, 0.1) is 0 Å². The molecule has 0 bridgehead atoms. The number of carboxylic acids is 1. The molecule has 2 aromatic carbocycles. The molecule has 1 aliphatic rings. The molecule has 4 aromatic rings. The molecule has 0 saturated heterocycles. The largest absolute Gasteiger partial charge is 0.494 e. The molecule has 0 aliphatic carbocycles. The second kappa shape index (κ2) is 11.6. The number of hydrogen-bond acceptors (Lipinski definition) is 8. The molecule has 9 nitrogen and oxygen atoms in total. The lowest BCUT2D eigenvalue weighted by Crippen LogP contribution is -2.39. The third-order valence-electron chi connectivity index (χ3n) is 6.41. The number of allylic oxidation sites excluding steroid dienone is 1. The molecule has 0 spiro atoms. The van der Waals surface area contributed by atoms with Crippen LogP contribution < -0.4 is 19.6 Å². The van der Waals surface area contributed by atoms with E-state index in [0.29, 0.717) is 50.0 Å². The standard InChI is InChI=1S/C30H25ClN2O7S/c1-4-38-19-9-6-17(7-10-19)26-25(29(37)39-5-2)16(3)32-30-33(26)27(34)24(41-30)15-20-11-13-23(40-20)18-8-12-22(31)21(14-18)28(35)36/h6-15,26H,4-5H2,1-3H3,(H,35,36)/b24-15-/t26-/m0/s1. The van der Waals surface area contributed by atoms with Crippen molar-refractivity contribution in [3.63, 3.8) is 0 Å². The highest BCUT2D eigenvalue weighted by Crippen LogP contribution is 2.32. The van der Waals surface area contributed by atoms with Crippen LogP contribution in [0.3, 0.4) is 0 Å². The van der Waals surface area contributed by atoms with Crippen molar-refractivity contribution in [3.05, 3.63) is 107 Å². The maximum Gasteiger partial charge on any atom is 0.338 e. The number of benzene rings is 2. The normalized spacial score (nSPS) is 14.9. The molecule has 0 amide bonds. The first kappa shape index (κ1) is 28.1. The van der Waals surface area contributed by atoms with Gasteiger partial charge in [0, 0.05) is 11.6 Å². The van der Waals surface area contributed by atoms with Crippen LogP contribution in [0.25, 0.3) is 17.4 Å². The summed E-state index contributed by atoms with van der Waals surface area (Å²) in [7, 11) is 0. The van der Waals surface area contributed by atoms with Gasteiger partial charge in [-0.3, -0.25) is 9.36 Å². The molecule has 41 heavy (non-hydrogen) atoms. The highest BCUT2D eigenvalue weighted by atomic mass is 35.5. The van der Waals surface area contributed by atoms with Crippen LogP contribution in [0.15, 0.2) is 80.1 Å². The Morgan fingerprint density at radius 3 is 2.56 bits per heavy atom. The summed E-state index contributed by atoms with van der Waals surface area (Å²) in [5.74, 6) is -0.218. The van der Waals surface area contributed by atoms with Crippen molar-refractivity contribution in [1.29, 1.82) is 0 Å². The van der Waals surface area contributed by atoms with Gasteiger partial charge < -0.3 is 19.0 Å². The van der Waals surface area contributed by atoms with Crippen LogP contribution in [0.2, 0.25) is 5.02 Å². The topological polar surface area (TPSA) is 120 Å². The van der Waals surface area contributed by atoms with Crippen LogP contribution in [-0.4, -0.2) is 34.8 Å². The van der Waals surface area contributed by atoms with Crippen LogP contribution >= 0.6 is 22.9 Å². The summed E-state index contributed by atoms with van der Waals surface area (Å²) >= 11 is 7.17. The van der Waals surface area contributed by atoms with Crippen molar-refractivity contribution in [3.8, 4) is 17.1 Å². The number of aromatic nitrogens is 1. The molecule has 210 valence electrons. The molecule has 5 rings (SSSR count). The van der Waals surface area contributed by atoms with E-state index >= 15 is 0 Å². The number of carbonyl (C=O) groups excluding carboxylic acids is 1. The fourth-order valence-corrected chi connectivity index (χ4v) is 5.80. The number of carboxylic acid groups (broad SMARTS) is 1. The van der Waals surface area contributed by atoms with Crippen LogP contribution in [0.4, 0.5) is 0 Å². The molecule has 1 N–H and O–H groups in total. The van der Waals surface area contributed by atoms with Gasteiger partial charge in [-0.1, -0.05) is 35.1 Å². The van der Waals surface area contributed by atoms with Crippen molar-refractivity contribution in [2.24, 2.45) is 4.99 Å². The first-order valence-electron chi connectivity index (χ1n) is 12.8. The van der Waals surface area contributed by atoms with E-state index in [2.05, 4.69) is 4.99 Å². The molecule has 1 atom stereocenters. The highest BCUT2D eigenvalue weighted by Gasteiger charge is 2.33. The highest BCUT2D eigenvalue weighted by molar-refractivity contribution is 7.07. The number of nitrogens with zero attached hydrogens (tertiary/aromatic N) is 2. The van der Waals surface area contributed by atoms with E-state index in [1.165, 1.54) is 28.0 Å². The second-order valence-electron chi connectivity index (χ2n) is 9.01. The van der Waals surface area contributed by atoms with E-state index < -0.39 is 18.0 Å². The van der Waals surface area contributed by atoms with Crippen molar-refractivity contribution >= 4 is 41.0 Å². The third-order valence-corrected chi connectivity index (χ3v) is 7.72. The van der Waals surface area contributed by atoms with E-state index in [0.717, 1.165) is 0 Å². The third kappa shape index (κ3) is 5.48. The number of fused-ring (bicyclic) bond motifs is 1. The maximum atomic E-state index is 13.8. The Kier molecular flexibility index (Phi) is 7.96. The molecular formula is C30H25ClN2O7S. The minimum atomic E-state index is -1.15. The summed E-state index contributed by atoms with van der Waals surface area (Å²) < 4.78 is 18.7. The molecule has 1 aliphatic heterocycles. The lowest BCUT2D eigenvalue weighted by Gasteiger charge is -2.24. The van der Waals surface area contributed by atoms with Gasteiger partial charge in [-0.05, 0) is 68.8 Å². The number of thiazole rings is 1. The summed E-state index contributed by atoms with van der Waals surface area (Å²) in [4.78, 5) is 43.4. The molecule has 11 heteroatoms. The van der Waals surface area contributed by atoms with Gasteiger partial charge in [-0.25, -0.2) is 14.6 Å². The van der Waals surface area contributed by atoms with Gasteiger partial charge in [0.15, 0.2) is 4.80 Å². The van der Waals surface area contributed by atoms with Gasteiger partial charge in [0.1, 0.15) is 17.3 Å². The zero-order valence-corrected chi connectivity index (χ0v) is 23.9. The van der Waals surface area contributed by atoms with Crippen LogP contribution in [0.5, 0.6) is 5.75 Å². The van der Waals surface area contributed by atoms with E-state index in [9.17, 15) is 19.5 Å². The van der Waals surface area contributed by atoms with E-state index in [-0.39, 0.29) is 28.3 Å². The van der Waals surface area contributed by atoms with Gasteiger partial charge in [-0.2, -0.15) is 0 Å². The van der Waals surface area contributed by atoms with Crippen LogP contribution in [-0.2, 0) is 9.53 Å². The number of halogens is 1. The quantitative estimate of drug-likeness (QED) is 0.292. The number of furan rings is 1. The summed E-state index contributed by atoms with van der Waals surface area (Å²) in [6, 6.07) is 14.4. The number of rotatable bonds is 8. The lowest BCUT2D eigenvalue weighted by molar-refractivity contribution is -0.139. The number of ether oxygens (including phenoxy) is 2. The summed E-state index contributed by atoms with van der Waals surface area (Å²) in [6.45, 7) is 6.02. The molecule has 0 saturated carbocycles. The monoisotopic (exact) mass is 592 g/mol. The van der Waals surface area contributed by atoms with Gasteiger partial charge in [0.2, 0.25) is 0 Å². The predicted octanol–water partition coefficient (Wildman–Crippen LogP) is 4.81. The fraction of sp³-hybridized carbons (Fsp3) is 0.200. The van der Waals surface area contributed by atoms with Gasteiger partial charge in [0.25, 0.3) is 5.56 Å². The molecule has 2 aromatic heterocycles. The van der Waals surface area contributed by atoms with Gasteiger partial charge in [-0.15, -0.1) is 0 Å². The Bertz CT molecular complexity index is 1870. The van der Waals surface area contributed by atoms with Crippen molar-refractivity contribution in [2.45, 2.75) is 26.8 Å². The Balaban J connectivity index is 1.60. The second-order valence-corrected chi connectivity index (χ2v) is 10.4. The average molecular weight is 593 g/mol. The van der Waals surface area contributed by atoms with Gasteiger partial charge in [0.05, 0.1) is 45.6 Å². The maximum absolute atomic E-state index is 13.8. The van der Waals surface area contributed by atoms with E-state index in [1.807, 2.05) is 19.1 Å². The molecule has 0 fully saturated rings. The number of esters is 1. The zero-order valence-electron chi connectivity index (χ0n) is 22.3. The SMILES string of the molecule is CCOC(=O)C1=C(C)N=c2s/c(=C\c3ccc(-c4ccc(Cl)c(C(=O)O)c4)o3)c(=O)n2[C@H]1c1ccc(OCC)cc1. The average Bonchev–Trinajstić information content (AvgIpc) is 3.53. The minimum absolute atomic E-state index is 0.0440. The summed E-state index contributed by atoms with van der Waals surface area (Å²) in [6.07, 6.45) is 1.60. The summed E-state index contributed by atoms with van der Waals surface area (Å²) in [5, 5.41) is 9.51. The van der Waals surface area contributed by atoms with Gasteiger partial charge >= 0.3 is 11.9 Å². The Labute approximate surface area is 243 Å². The lowest BCUT2D eigenvalue weighted by atomic mass is 9.96. The first-order chi connectivity index (χ1) is 19.7. The predicted molar refractivity (Wildman–Crippen MR) is 154 cm³/mol. The summed E-state index contributed by atoms with van der Waals surface area (Å²) in [5.41, 5.74) is 1.59. The molecule has 0 unspecified atom stereocenters. The van der Waals surface area contributed by atoms with E-state index in [4.69, 9.17) is 25.5 Å². The molecular weight excluding hydrogens is 568 g/mol. The number of hydrogen-bond donors (Lipinski definition) is 1. The van der Waals surface area contributed by atoms with Crippen LogP contribution in [0.1, 0.15) is 48.5 Å². The zero-order chi connectivity index (χ0) is 29.3. The Morgan fingerprint density at radius 1 is 1.12 bits per heavy atom. The number of aromatic carboxylic acids is 1. The Morgan fingerprint density at radius 2 is 1.88 bits per heavy atom. The first-order valence-corrected chi connectivity index (χ1v) is 14.0. The smallest absolute Gasteiger partial charge is 0.338 e. The van der Waals surface area contributed by atoms with E-state index in [1.54, 1.807) is 50.3 Å². The Hall–Kier alpha value is -4.41. The van der Waals surface area contributed by atoms with Crippen molar-refractivity contribution < 1.29 is 28.6 Å². The van der Waals surface area contributed by atoms with Crippen molar-refractivity contribution in [1.82, 2.24) is 4.57 Å². The molecule has 0 radical (unpaired) electrons. The van der Waals surface area contributed by atoms with Crippen molar-refractivity contribution in [2.75, 3.05) is 13.2 Å². The fourth-order valence-electron chi connectivity index (χ4n) is 4.58. The minimum Gasteiger partial charge on any atom is -0.494 e. The molecule has 3 heterocycles. The number of carbonyl (C=O) groups is 2.